The van der Waals surface area contributed by atoms with Gasteiger partial charge in [-0.15, -0.1) is 0 Å². The Balaban J connectivity index is 3.86. The average molecular weight is 874 g/mol. The number of nitrogens with two attached hydrogens (primary N) is 1. The van der Waals surface area contributed by atoms with Crippen LogP contribution in [0.5, 0.6) is 0 Å². The molecule has 2 unspecified atom stereocenters. The fourth-order valence-corrected chi connectivity index (χ4v) is 8.88. The van der Waals surface area contributed by atoms with E-state index in [4.69, 9.17) is 24.3 Å². The topological polar surface area (TPSA) is 117 Å². The number of unbranched alkanes of at least 4 members (excludes halogenated alkanes) is 39. The zero-order chi connectivity index (χ0) is 43.7. The van der Waals surface area contributed by atoms with Crippen LogP contribution in [0, 0.1) is 0 Å². The van der Waals surface area contributed by atoms with Crippen LogP contribution in [-0.4, -0.2) is 49.9 Å². The van der Waals surface area contributed by atoms with Crippen molar-refractivity contribution in [3.05, 3.63) is 0 Å². The van der Waals surface area contributed by atoms with Gasteiger partial charge in [0.2, 0.25) is 0 Å². The molecule has 0 aromatic rings. The van der Waals surface area contributed by atoms with E-state index in [1.54, 1.807) is 0 Å². The Kier molecular flexibility index (Phi) is 49.1. The summed E-state index contributed by atoms with van der Waals surface area (Å²) in [6.07, 6.45) is 54.3. The largest absolute Gasteiger partial charge is 0.472 e. The molecule has 0 aliphatic rings. The molecule has 2 atom stereocenters. The summed E-state index contributed by atoms with van der Waals surface area (Å²) >= 11 is 0. The number of phosphoric ester groups is 1. The number of esters is 1. The SMILES string of the molecule is CCCCCCCCCCCCCCCCCCCCCCCOCC(COP(=O)(O)OCCN)OC(=O)CCCCCCCCCCCCCCCCCCCCCC. The van der Waals surface area contributed by atoms with Gasteiger partial charge in [-0.25, -0.2) is 4.57 Å². The Hall–Kier alpha value is -0.500. The lowest BCUT2D eigenvalue weighted by Crippen LogP contribution is -2.28. The smallest absolute Gasteiger partial charge is 0.457 e. The summed E-state index contributed by atoms with van der Waals surface area (Å²) in [4.78, 5) is 22.6. The van der Waals surface area contributed by atoms with E-state index in [-0.39, 0.29) is 32.3 Å². The van der Waals surface area contributed by atoms with Gasteiger partial charge in [-0.1, -0.05) is 264 Å². The van der Waals surface area contributed by atoms with Crippen LogP contribution in [-0.2, 0) is 27.9 Å². The minimum absolute atomic E-state index is 0.0896. The van der Waals surface area contributed by atoms with Gasteiger partial charge in [-0.2, -0.15) is 0 Å². The van der Waals surface area contributed by atoms with Gasteiger partial charge >= 0.3 is 13.8 Å². The maximum atomic E-state index is 12.7. The van der Waals surface area contributed by atoms with Crippen LogP contribution in [0.4, 0.5) is 0 Å². The molecule has 360 valence electrons. The highest BCUT2D eigenvalue weighted by Crippen LogP contribution is 2.43. The van der Waals surface area contributed by atoms with E-state index in [2.05, 4.69) is 13.8 Å². The Labute approximate surface area is 373 Å². The van der Waals surface area contributed by atoms with Crippen molar-refractivity contribution in [3.8, 4) is 0 Å². The molecule has 0 rings (SSSR count). The minimum Gasteiger partial charge on any atom is -0.457 e. The number of hydrogen-bond donors (Lipinski definition) is 2. The van der Waals surface area contributed by atoms with Crippen LogP contribution < -0.4 is 5.73 Å². The maximum absolute atomic E-state index is 12.7. The van der Waals surface area contributed by atoms with Crippen molar-refractivity contribution in [2.75, 3.05) is 33.0 Å². The first-order valence-electron chi connectivity index (χ1n) is 26.5. The first-order valence-corrected chi connectivity index (χ1v) is 28.0. The molecule has 0 radical (unpaired) electrons. The molecule has 9 heteroatoms. The number of carbonyl (C=O) groups excluding carboxylic acids is 1. The van der Waals surface area contributed by atoms with Crippen molar-refractivity contribution in [2.24, 2.45) is 5.73 Å². The van der Waals surface area contributed by atoms with E-state index < -0.39 is 13.9 Å². The zero-order valence-electron chi connectivity index (χ0n) is 40.2. The fourth-order valence-electron chi connectivity index (χ4n) is 8.12. The van der Waals surface area contributed by atoms with E-state index in [9.17, 15) is 14.3 Å². The van der Waals surface area contributed by atoms with Crippen molar-refractivity contribution in [2.45, 2.75) is 290 Å². The molecule has 0 aliphatic heterocycles. The predicted octanol–water partition coefficient (Wildman–Crippen LogP) is 16.4. The Morgan fingerprint density at radius 1 is 0.433 bits per heavy atom. The molecule has 0 amide bonds. The summed E-state index contributed by atoms with van der Waals surface area (Å²) in [7, 11) is -4.27. The zero-order valence-corrected chi connectivity index (χ0v) is 41.1. The van der Waals surface area contributed by atoms with E-state index >= 15 is 0 Å². The van der Waals surface area contributed by atoms with Gasteiger partial charge in [0.1, 0.15) is 6.10 Å². The number of rotatable bonds is 52. The lowest BCUT2D eigenvalue weighted by atomic mass is 10.0. The molecule has 0 saturated heterocycles. The molecular formula is C51H104NO7P. The van der Waals surface area contributed by atoms with Crippen molar-refractivity contribution < 1.29 is 32.8 Å². The quantitative estimate of drug-likeness (QED) is 0.0352. The summed E-state index contributed by atoms with van der Waals surface area (Å²) < 4.78 is 33.6. The second kappa shape index (κ2) is 49.5. The minimum atomic E-state index is -4.27. The van der Waals surface area contributed by atoms with Gasteiger partial charge in [0.05, 0.1) is 19.8 Å². The highest BCUT2D eigenvalue weighted by molar-refractivity contribution is 7.47. The van der Waals surface area contributed by atoms with Crippen LogP contribution in [0.2, 0.25) is 0 Å². The first kappa shape index (κ1) is 59.5. The summed E-state index contributed by atoms with van der Waals surface area (Å²) in [5.41, 5.74) is 5.39. The van der Waals surface area contributed by atoms with Crippen LogP contribution in [0.1, 0.15) is 284 Å². The molecule has 0 heterocycles. The Morgan fingerprint density at radius 3 is 1.05 bits per heavy atom. The van der Waals surface area contributed by atoms with Crippen molar-refractivity contribution in [3.63, 3.8) is 0 Å². The molecule has 0 aromatic heterocycles. The van der Waals surface area contributed by atoms with Gasteiger partial charge in [0, 0.05) is 19.6 Å². The van der Waals surface area contributed by atoms with Crippen LogP contribution in [0.15, 0.2) is 0 Å². The second-order valence-electron chi connectivity index (χ2n) is 18.1. The monoisotopic (exact) mass is 874 g/mol. The molecular weight excluding hydrogens is 770 g/mol. The fraction of sp³-hybridized carbons (Fsp3) is 0.980. The van der Waals surface area contributed by atoms with Crippen molar-refractivity contribution in [1.29, 1.82) is 0 Å². The number of phosphoric acid groups is 1. The van der Waals surface area contributed by atoms with Gasteiger partial charge in [0.15, 0.2) is 0 Å². The summed E-state index contributed by atoms with van der Waals surface area (Å²) in [6, 6.07) is 0. The van der Waals surface area contributed by atoms with Crippen LogP contribution in [0.3, 0.4) is 0 Å². The maximum Gasteiger partial charge on any atom is 0.472 e. The van der Waals surface area contributed by atoms with E-state index in [0.717, 1.165) is 32.1 Å². The first-order chi connectivity index (χ1) is 29.4. The average Bonchev–Trinajstić information content (AvgIpc) is 3.24. The Morgan fingerprint density at radius 2 is 0.733 bits per heavy atom. The van der Waals surface area contributed by atoms with Crippen LogP contribution in [0.25, 0.3) is 0 Å². The normalized spacial score (nSPS) is 13.2. The summed E-state index contributed by atoms with van der Waals surface area (Å²) in [6.45, 7) is 5.02. The van der Waals surface area contributed by atoms with Gasteiger partial charge < -0.3 is 20.1 Å². The molecule has 0 bridgehead atoms. The highest BCUT2D eigenvalue weighted by atomic mass is 31.2. The van der Waals surface area contributed by atoms with Gasteiger partial charge in [-0.3, -0.25) is 13.8 Å². The standard InChI is InChI=1S/C51H104NO7P/c1-3-5-7-9-11-13-15-17-19-21-23-25-27-29-31-33-35-37-39-41-43-46-56-48-50(49-58-60(54,55)57-47-45-52)59-51(53)44-42-40-38-36-34-32-30-28-26-24-22-20-18-16-14-12-10-8-6-4-2/h50H,3-49,52H2,1-2H3,(H,54,55). The molecule has 60 heavy (non-hydrogen) atoms. The number of carbonyl (C=O) groups is 1. The van der Waals surface area contributed by atoms with Crippen molar-refractivity contribution >= 4 is 13.8 Å². The molecule has 0 aromatic carbocycles. The Bertz CT molecular complexity index is 894. The molecule has 3 N–H and O–H groups in total. The summed E-state index contributed by atoms with van der Waals surface area (Å²) in [5, 5.41) is 0. The third kappa shape index (κ3) is 48.5. The third-order valence-electron chi connectivity index (χ3n) is 12.0. The van der Waals surface area contributed by atoms with Gasteiger partial charge in [0.25, 0.3) is 0 Å². The van der Waals surface area contributed by atoms with Crippen molar-refractivity contribution in [1.82, 2.24) is 0 Å². The summed E-state index contributed by atoms with van der Waals surface area (Å²) in [5.74, 6) is -0.320. The third-order valence-corrected chi connectivity index (χ3v) is 13.0. The lowest BCUT2D eigenvalue weighted by Gasteiger charge is -2.20. The van der Waals surface area contributed by atoms with E-state index in [1.165, 1.54) is 231 Å². The van der Waals surface area contributed by atoms with Gasteiger partial charge in [-0.05, 0) is 12.8 Å². The molecule has 8 nitrogen and oxygen atoms in total. The number of hydrogen-bond acceptors (Lipinski definition) is 7. The second-order valence-corrected chi connectivity index (χ2v) is 19.6. The highest BCUT2D eigenvalue weighted by Gasteiger charge is 2.25. The molecule has 0 spiro atoms. The van der Waals surface area contributed by atoms with Crippen LogP contribution >= 0.6 is 7.82 Å². The molecule has 0 fully saturated rings. The molecule has 0 saturated carbocycles. The number of ether oxygens (including phenoxy) is 2. The van der Waals surface area contributed by atoms with E-state index in [0.29, 0.717) is 13.0 Å². The predicted molar refractivity (Wildman–Crippen MR) is 257 cm³/mol. The lowest BCUT2D eigenvalue weighted by molar-refractivity contribution is -0.154. The molecule has 0 aliphatic carbocycles. The van der Waals surface area contributed by atoms with E-state index in [1.807, 2.05) is 0 Å².